The second kappa shape index (κ2) is 3.45. The van der Waals surface area contributed by atoms with E-state index < -0.39 is 0 Å². The number of rotatable bonds is 1. The van der Waals surface area contributed by atoms with Gasteiger partial charge in [0.2, 0.25) is 0 Å². The first-order valence-corrected chi connectivity index (χ1v) is 5.15. The van der Waals surface area contributed by atoms with Crippen LogP contribution in [0.1, 0.15) is 27.2 Å². The lowest BCUT2D eigenvalue weighted by atomic mass is 10.00. The summed E-state index contributed by atoms with van der Waals surface area (Å²) in [4.78, 5) is 0. The molecule has 0 nitrogen and oxygen atoms in total. The molecule has 0 saturated heterocycles. The maximum absolute atomic E-state index is 2.31. The molecular formula is C14H16. The largest absolute Gasteiger partial charge is 0.0804 e. The van der Waals surface area contributed by atoms with Gasteiger partial charge < -0.3 is 0 Å². The lowest BCUT2D eigenvalue weighted by Crippen LogP contribution is -1.86. The van der Waals surface area contributed by atoms with Gasteiger partial charge in [-0.15, -0.1) is 0 Å². The summed E-state index contributed by atoms with van der Waals surface area (Å²) in [5.41, 5.74) is 7.08. The second-order valence-electron chi connectivity index (χ2n) is 3.97. The van der Waals surface area contributed by atoms with Gasteiger partial charge >= 0.3 is 0 Å². The van der Waals surface area contributed by atoms with Crippen molar-refractivity contribution in [3.8, 4) is 0 Å². The summed E-state index contributed by atoms with van der Waals surface area (Å²) < 4.78 is 0. The fraction of sp³-hybridized carbons (Fsp3) is 0.286. The third-order valence-corrected chi connectivity index (χ3v) is 2.94. The van der Waals surface area contributed by atoms with Crippen LogP contribution in [0.15, 0.2) is 58.2 Å². The van der Waals surface area contributed by atoms with Crippen molar-refractivity contribution in [2.24, 2.45) is 0 Å². The lowest BCUT2D eigenvalue weighted by Gasteiger charge is -2.05. The maximum Gasteiger partial charge on any atom is -0.0126 e. The minimum absolute atomic E-state index is 1.12. The molecule has 0 N–H and O–H groups in total. The first kappa shape index (κ1) is 9.26. The molecule has 0 fully saturated rings. The Hall–Kier alpha value is -1.30. The Labute approximate surface area is 86.0 Å². The Kier molecular flexibility index (Phi) is 2.28. The van der Waals surface area contributed by atoms with Crippen LogP contribution in [0.3, 0.4) is 0 Å². The Bertz CT molecular complexity index is 409. The number of hydrogen-bond donors (Lipinski definition) is 0. The first-order chi connectivity index (χ1) is 6.72. The van der Waals surface area contributed by atoms with Crippen LogP contribution in [0.5, 0.6) is 0 Å². The molecule has 0 atom stereocenters. The zero-order valence-electron chi connectivity index (χ0n) is 9.09. The van der Waals surface area contributed by atoms with E-state index in [4.69, 9.17) is 0 Å². The maximum atomic E-state index is 2.31. The number of hydrogen-bond acceptors (Lipinski definition) is 0. The molecule has 0 heterocycles. The van der Waals surface area contributed by atoms with Crippen LogP contribution in [-0.2, 0) is 0 Å². The zero-order chi connectivity index (χ0) is 10.1. The average molecular weight is 184 g/mol. The van der Waals surface area contributed by atoms with Crippen molar-refractivity contribution in [3.63, 3.8) is 0 Å². The van der Waals surface area contributed by atoms with E-state index in [0.717, 1.165) is 6.42 Å². The summed E-state index contributed by atoms with van der Waals surface area (Å²) >= 11 is 0. The molecule has 2 rings (SSSR count). The smallest absolute Gasteiger partial charge is 0.0126 e. The predicted molar refractivity (Wildman–Crippen MR) is 62.1 cm³/mol. The minimum Gasteiger partial charge on any atom is -0.0804 e. The van der Waals surface area contributed by atoms with E-state index in [9.17, 15) is 0 Å². The molecule has 0 aromatic rings. The molecule has 0 radical (unpaired) electrons. The van der Waals surface area contributed by atoms with E-state index in [2.05, 4.69) is 51.2 Å². The summed E-state index contributed by atoms with van der Waals surface area (Å²) in [7, 11) is 0. The van der Waals surface area contributed by atoms with E-state index in [1.807, 2.05) is 0 Å². The highest BCUT2D eigenvalue weighted by atomic mass is 14.2. The van der Waals surface area contributed by atoms with Crippen LogP contribution in [-0.4, -0.2) is 0 Å². The second-order valence-corrected chi connectivity index (χ2v) is 3.97. The van der Waals surface area contributed by atoms with Gasteiger partial charge in [0.25, 0.3) is 0 Å². The molecule has 72 valence electrons. The Morgan fingerprint density at radius 2 is 2.00 bits per heavy atom. The third kappa shape index (κ3) is 1.41. The summed E-state index contributed by atoms with van der Waals surface area (Å²) in [5, 5.41) is 0. The standard InChI is InChI=1S/C14H16/c1-4-12-7-8-13(9-12)14-10(2)5-6-11(14)3/h4-5,7-9H,6H2,1-3H3. The van der Waals surface area contributed by atoms with E-state index in [-0.39, 0.29) is 0 Å². The van der Waals surface area contributed by atoms with Crippen molar-refractivity contribution in [2.75, 3.05) is 0 Å². The van der Waals surface area contributed by atoms with Crippen molar-refractivity contribution < 1.29 is 0 Å². The van der Waals surface area contributed by atoms with Gasteiger partial charge in [0.1, 0.15) is 0 Å². The summed E-state index contributed by atoms with van der Waals surface area (Å²) in [6.45, 7) is 6.51. The summed E-state index contributed by atoms with van der Waals surface area (Å²) in [6, 6.07) is 0. The zero-order valence-corrected chi connectivity index (χ0v) is 9.09. The molecule has 2 aliphatic carbocycles. The molecule has 2 aliphatic rings. The van der Waals surface area contributed by atoms with E-state index >= 15 is 0 Å². The molecular weight excluding hydrogens is 168 g/mol. The van der Waals surface area contributed by atoms with Crippen LogP contribution in [0.2, 0.25) is 0 Å². The number of allylic oxidation sites excluding steroid dienone is 10. The van der Waals surface area contributed by atoms with Gasteiger partial charge in [-0.1, -0.05) is 29.9 Å². The fourth-order valence-electron chi connectivity index (χ4n) is 2.12. The van der Waals surface area contributed by atoms with E-state index in [1.165, 1.54) is 27.9 Å². The van der Waals surface area contributed by atoms with E-state index in [1.54, 1.807) is 0 Å². The van der Waals surface area contributed by atoms with Crippen molar-refractivity contribution in [1.29, 1.82) is 0 Å². The van der Waals surface area contributed by atoms with Gasteiger partial charge in [0, 0.05) is 0 Å². The van der Waals surface area contributed by atoms with Crippen LogP contribution in [0.25, 0.3) is 0 Å². The topological polar surface area (TPSA) is 0 Å². The van der Waals surface area contributed by atoms with E-state index in [0.29, 0.717) is 0 Å². The van der Waals surface area contributed by atoms with Crippen LogP contribution in [0, 0.1) is 0 Å². The molecule has 0 spiro atoms. The van der Waals surface area contributed by atoms with Crippen molar-refractivity contribution in [3.05, 3.63) is 58.2 Å². The highest BCUT2D eigenvalue weighted by Crippen LogP contribution is 2.34. The molecule has 14 heavy (non-hydrogen) atoms. The fourth-order valence-corrected chi connectivity index (χ4v) is 2.12. The minimum atomic E-state index is 1.12. The summed E-state index contributed by atoms with van der Waals surface area (Å²) in [6.07, 6.45) is 12.2. The van der Waals surface area contributed by atoms with Gasteiger partial charge in [0.15, 0.2) is 0 Å². The molecule has 0 aromatic heterocycles. The Morgan fingerprint density at radius 3 is 2.50 bits per heavy atom. The SMILES string of the molecule is CC=C1C=CC(C2=C(C)CC=C2C)=C1. The van der Waals surface area contributed by atoms with Crippen molar-refractivity contribution >= 4 is 0 Å². The van der Waals surface area contributed by atoms with Crippen LogP contribution in [0.4, 0.5) is 0 Å². The average Bonchev–Trinajstić information content (AvgIpc) is 2.73. The molecule has 0 heteroatoms. The lowest BCUT2D eigenvalue weighted by molar-refractivity contribution is 1.23. The van der Waals surface area contributed by atoms with Crippen LogP contribution < -0.4 is 0 Å². The van der Waals surface area contributed by atoms with Gasteiger partial charge in [-0.3, -0.25) is 0 Å². The molecule has 0 saturated carbocycles. The molecule has 0 aromatic carbocycles. The van der Waals surface area contributed by atoms with Gasteiger partial charge in [0.05, 0.1) is 0 Å². The first-order valence-electron chi connectivity index (χ1n) is 5.15. The third-order valence-electron chi connectivity index (χ3n) is 2.94. The molecule has 0 aliphatic heterocycles. The highest BCUT2D eigenvalue weighted by molar-refractivity contribution is 5.63. The van der Waals surface area contributed by atoms with Gasteiger partial charge in [-0.25, -0.2) is 0 Å². The predicted octanol–water partition coefficient (Wildman–Crippen LogP) is 4.10. The monoisotopic (exact) mass is 184 g/mol. The molecule has 0 amide bonds. The normalized spacial score (nSPS) is 23.5. The quantitative estimate of drug-likeness (QED) is 0.575. The van der Waals surface area contributed by atoms with Gasteiger partial charge in [-0.2, -0.15) is 0 Å². The van der Waals surface area contributed by atoms with Crippen LogP contribution >= 0.6 is 0 Å². The van der Waals surface area contributed by atoms with Crippen molar-refractivity contribution in [2.45, 2.75) is 27.2 Å². The Balaban J connectivity index is 2.40. The van der Waals surface area contributed by atoms with Crippen molar-refractivity contribution in [1.82, 2.24) is 0 Å². The Morgan fingerprint density at radius 1 is 1.21 bits per heavy atom. The van der Waals surface area contributed by atoms with Gasteiger partial charge in [-0.05, 0) is 55.6 Å². The molecule has 0 bridgehead atoms. The summed E-state index contributed by atoms with van der Waals surface area (Å²) in [5.74, 6) is 0. The highest BCUT2D eigenvalue weighted by Gasteiger charge is 2.15. The molecule has 0 unspecified atom stereocenters.